The van der Waals surface area contributed by atoms with E-state index in [-0.39, 0.29) is 0 Å². The minimum absolute atomic E-state index is 0.855. The predicted molar refractivity (Wildman–Crippen MR) is 528 cm³/mol. The van der Waals surface area contributed by atoms with Gasteiger partial charge in [0.25, 0.3) is 0 Å². The fraction of sp³-hybridized carbons (Fsp3) is 0.646. The number of aromatic amines is 1. The molecule has 1 atom stereocenters. The summed E-state index contributed by atoms with van der Waals surface area (Å²) < 4.78 is 6.47. The molecule has 668 valence electrons. The number of pyridine rings is 2. The third-order valence-corrected chi connectivity index (χ3v) is 13.8. The number of nitrogens with zero attached hydrogens (tertiary/aromatic N) is 10. The Hall–Kier alpha value is -6.35. The molecule has 1 saturated heterocycles. The van der Waals surface area contributed by atoms with Gasteiger partial charge in [-0.3, -0.25) is 15.0 Å². The van der Waals surface area contributed by atoms with Crippen molar-refractivity contribution in [3.05, 3.63) is 210 Å². The number of thiazole rings is 1. The Labute approximate surface area is 718 Å². The fourth-order valence-electron chi connectivity index (χ4n) is 7.72. The van der Waals surface area contributed by atoms with Gasteiger partial charge < -0.3 is 18.8 Å². The quantitative estimate of drug-likeness (QED) is 0.146. The second-order valence-corrected chi connectivity index (χ2v) is 22.5. The van der Waals surface area contributed by atoms with E-state index in [0.717, 1.165) is 28.5 Å². The van der Waals surface area contributed by atoms with E-state index in [4.69, 9.17) is 0 Å². The van der Waals surface area contributed by atoms with Gasteiger partial charge in [0.1, 0.15) is 0 Å². The van der Waals surface area contributed by atoms with Crippen molar-refractivity contribution in [2.75, 3.05) is 33.7 Å². The minimum Gasteiger partial charge on any atom is -0.473 e. The summed E-state index contributed by atoms with van der Waals surface area (Å²) in [5.74, 6) is 2.94. The molecule has 1 unspecified atom stereocenters. The van der Waals surface area contributed by atoms with E-state index in [0.29, 0.717) is 0 Å². The molecular formula is C99H199N11OS2. The van der Waals surface area contributed by atoms with Crippen LogP contribution < -0.4 is 0 Å². The van der Waals surface area contributed by atoms with Crippen LogP contribution in [-0.4, -0.2) is 88.7 Å². The molecule has 9 heterocycles. The first-order valence-corrected chi connectivity index (χ1v) is 47.1. The lowest BCUT2D eigenvalue weighted by Gasteiger charge is -2.16. The average Bonchev–Trinajstić information content (AvgIpc) is 1.68. The number of furan rings is 1. The van der Waals surface area contributed by atoms with Gasteiger partial charge in [0, 0.05) is 68.9 Å². The summed E-state index contributed by atoms with van der Waals surface area (Å²) in [5, 5.41) is 19.4. The number of aromatic nitrogens is 9. The van der Waals surface area contributed by atoms with Crippen LogP contribution in [0.1, 0.15) is 367 Å². The monoisotopic (exact) mass is 1620 g/mol. The molecule has 113 heavy (non-hydrogen) atoms. The van der Waals surface area contributed by atoms with Crippen molar-refractivity contribution in [2.45, 2.75) is 373 Å². The normalized spacial score (nSPS) is 11.9. The van der Waals surface area contributed by atoms with Gasteiger partial charge in [-0.2, -0.15) is 16.6 Å². The molecule has 2 aliphatic heterocycles. The fourth-order valence-corrected chi connectivity index (χ4v) is 8.61. The van der Waals surface area contributed by atoms with Gasteiger partial charge in [0.05, 0.1) is 23.9 Å². The van der Waals surface area contributed by atoms with Crippen molar-refractivity contribution < 1.29 is 4.42 Å². The Kier molecular flexibility index (Phi) is 207. The van der Waals surface area contributed by atoms with Gasteiger partial charge in [-0.05, 0) is 163 Å². The summed E-state index contributed by atoms with van der Waals surface area (Å²) in [7, 11) is 6.22. The first kappa shape index (κ1) is 145. The summed E-state index contributed by atoms with van der Waals surface area (Å²) in [4.78, 5) is 20.2. The van der Waals surface area contributed by atoms with Crippen molar-refractivity contribution in [3.8, 4) is 0 Å². The van der Waals surface area contributed by atoms with E-state index in [1.807, 2.05) is 355 Å². The zero-order chi connectivity index (χ0) is 90.9. The number of allylic oxidation sites excluding steroid dienone is 3. The van der Waals surface area contributed by atoms with Crippen molar-refractivity contribution >= 4 is 22.7 Å². The lowest BCUT2D eigenvalue weighted by atomic mass is 9.91. The van der Waals surface area contributed by atoms with Gasteiger partial charge in [0.2, 0.25) is 0 Å². The number of thiophene rings is 1. The highest BCUT2D eigenvalue weighted by Gasteiger charge is 2.08. The average molecular weight is 1620 g/mol. The van der Waals surface area contributed by atoms with Crippen LogP contribution in [0.4, 0.5) is 0 Å². The van der Waals surface area contributed by atoms with E-state index in [1.54, 1.807) is 66.3 Å². The maximum Gasteiger partial charge on any atom is 0.161 e. The molecule has 2 saturated carbocycles. The number of benzene rings is 1. The van der Waals surface area contributed by atoms with E-state index < -0.39 is 0 Å². The number of nitrogens with one attached hydrogen (secondary N) is 1. The maximum absolute atomic E-state index is 4.58. The van der Waals surface area contributed by atoms with E-state index >= 15 is 0 Å². The molecule has 13 rings (SSSR count). The summed E-state index contributed by atoms with van der Waals surface area (Å²) in [5.41, 5.74) is 3.60. The highest BCUT2D eigenvalue weighted by molar-refractivity contribution is 7.09. The molecule has 8 aromatic rings. The first-order chi connectivity index (χ1) is 55.4. The number of imidazole rings is 1. The van der Waals surface area contributed by atoms with Gasteiger partial charge in [-0.15, -0.1) is 21.5 Å². The summed E-state index contributed by atoms with van der Waals surface area (Å²) in [6.07, 6.45) is 49.0. The van der Waals surface area contributed by atoms with Crippen LogP contribution in [-0.2, 0) is 7.05 Å². The maximum atomic E-state index is 4.58. The second-order valence-electron chi connectivity index (χ2n) is 20.6. The Morgan fingerprint density at radius 2 is 0.885 bits per heavy atom. The van der Waals surface area contributed by atoms with Crippen molar-refractivity contribution in [3.63, 3.8) is 0 Å². The number of rotatable bonds is 0. The zero-order valence-corrected chi connectivity index (χ0v) is 84.9. The van der Waals surface area contributed by atoms with Crippen molar-refractivity contribution in [2.24, 2.45) is 24.8 Å². The number of tetrazole rings is 1. The molecule has 1 N–H and O–H groups in total. The van der Waals surface area contributed by atoms with Crippen molar-refractivity contribution in [1.29, 1.82) is 0 Å². The van der Waals surface area contributed by atoms with Crippen LogP contribution in [0.3, 0.4) is 0 Å². The lowest BCUT2D eigenvalue weighted by molar-refractivity contribution is 0.385. The van der Waals surface area contributed by atoms with Crippen LogP contribution in [0, 0.1) is 45.4 Å². The minimum atomic E-state index is 0.855. The van der Waals surface area contributed by atoms with E-state index in [1.165, 1.54) is 140 Å². The molecule has 12 nitrogen and oxygen atoms in total. The molecule has 0 bridgehead atoms. The van der Waals surface area contributed by atoms with Crippen LogP contribution in [0.2, 0.25) is 0 Å². The Morgan fingerprint density at radius 1 is 0.416 bits per heavy atom. The van der Waals surface area contributed by atoms with Gasteiger partial charge in [0.15, 0.2) is 6.33 Å². The third-order valence-electron chi connectivity index (χ3n) is 12.5. The van der Waals surface area contributed by atoms with Crippen LogP contribution >= 0.6 is 22.7 Å². The highest BCUT2D eigenvalue weighted by Crippen LogP contribution is 2.23. The van der Waals surface area contributed by atoms with Crippen molar-refractivity contribution in [1.82, 2.24) is 54.9 Å². The number of aryl methyl sites for hydroxylation is 5. The lowest BCUT2D eigenvalue weighted by Crippen LogP contribution is -2.14. The summed E-state index contributed by atoms with van der Waals surface area (Å²) in [6, 6.07) is 27.8. The van der Waals surface area contributed by atoms with E-state index in [2.05, 4.69) is 133 Å². The van der Waals surface area contributed by atoms with Gasteiger partial charge in [-0.1, -0.05) is 384 Å². The number of H-pyrrole nitrogens is 1. The van der Waals surface area contributed by atoms with Gasteiger partial charge in [-0.25, -0.2) is 4.98 Å². The summed E-state index contributed by atoms with van der Waals surface area (Å²) in [6.45, 7) is 82.9. The Balaban J connectivity index is -0.0000000626. The number of hydrogen-bond donors (Lipinski definition) is 1. The molecule has 5 aliphatic rings. The Morgan fingerprint density at radius 3 is 1.04 bits per heavy atom. The largest absolute Gasteiger partial charge is 0.473 e. The van der Waals surface area contributed by atoms with E-state index in [9.17, 15) is 0 Å². The van der Waals surface area contributed by atoms with Crippen LogP contribution in [0.15, 0.2) is 192 Å². The first-order valence-electron chi connectivity index (χ1n) is 45.3. The Bertz CT molecular complexity index is 2120. The molecule has 1 aromatic carbocycles. The molecule has 3 aliphatic carbocycles. The SMILES string of the molecule is CC.CC.CC.CC.CC.CC.CC.CC.CC.CC.CC.CC.CC.CC.CC.CC.CC1C=CCCC1.CC1CCCC1.CC1CCCCC1.CN1C=CCCC1.CN1CCCC1.Cc1ccccc1.Cc1ccccn1.Cc1cccnc1.Cc1nccs1.Cn1ccnc1.c1ccoc1.c1ccsc1.c1nn[nH]n1. The standard InChI is InChI=1S/C7H14.C7H12.C7H8.C6H7N.C6H11N.C6H7N.C6H12.C5H11N.C4H6N2.C4H5NS.C4H4O.C4H4S.16C2H6.CH2N4/c3*1-7-5-3-2-4-6-7;1-6-3-2-4-7-5-6;1-7-5-3-2-4-6-7;1-6-4-2-3-5-7-6;2*1-6-4-2-3-5-6;1-6-3-2-5-4-6;1-4-5-2-3-6-4;2*1-2-4-5-3-1;16*1-2;1-2-4-5-3-1/h7H,2-6H2,1H3;3,5,7H,2,4,6H2,1H3;2-6H,1H3;2-5H,1H3;3,5H,2,4,6H2,1H3;2-5H,1H3;6H,2-5H2,1H3;2-5H2,1H3;2-4H,1H3;2-3H,1H3;2*1-4H;16*1-2H3;1H,(H,2,3,4,5). The number of likely N-dealkylation sites (tertiary alicyclic amines) is 1. The topological polar surface area (TPSA) is 131 Å². The molecule has 3 fully saturated rings. The smallest absolute Gasteiger partial charge is 0.161 e. The molecule has 0 amide bonds. The van der Waals surface area contributed by atoms with Gasteiger partial charge >= 0.3 is 0 Å². The molecule has 0 radical (unpaired) electrons. The molecular weight excluding hydrogens is 1420 g/mol. The van der Waals surface area contributed by atoms with Crippen LogP contribution in [0.25, 0.3) is 0 Å². The number of hydrogen-bond acceptors (Lipinski definition) is 12. The zero-order valence-electron chi connectivity index (χ0n) is 83.3. The predicted octanol–water partition coefficient (Wildman–Crippen LogP) is 34.4. The second kappa shape index (κ2) is 161. The molecule has 0 spiro atoms. The molecule has 14 heteroatoms. The molecule has 7 aromatic heterocycles. The van der Waals surface area contributed by atoms with Crippen LogP contribution in [0.5, 0.6) is 0 Å². The third kappa shape index (κ3) is 158. The highest BCUT2D eigenvalue weighted by atomic mass is 32.1. The summed E-state index contributed by atoms with van der Waals surface area (Å²) >= 11 is 3.38.